The number of benzene rings is 1. The molecule has 1 N–H and O–H groups in total. The highest BCUT2D eigenvalue weighted by molar-refractivity contribution is 5.87. The molecule has 0 saturated carbocycles. The second-order valence-electron chi connectivity index (χ2n) is 6.09. The lowest BCUT2D eigenvalue weighted by Crippen LogP contribution is -2.30. The van der Waals surface area contributed by atoms with Crippen molar-refractivity contribution in [2.45, 2.75) is 33.1 Å². The number of hydrogen-bond donors (Lipinski definition) is 1. The van der Waals surface area contributed by atoms with Gasteiger partial charge >= 0.3 is 0 Å². The minimum Gasteiger partial charge on any atom is -0.350 e. The van der Waals surface area contributed by atoms with Crippen LogP contribution in [-0.2, 0) is 13.5 Å². The van der Waals surface area contributed by atoms with Gasteiger partial charge in [-0.1, -0.05) is 12.1 Å². The van der Waals surface area contributed by atoms with Crippen molar-refractivity contribution in [2.24, 2.45) is 13.0 Å². The molecule has 1 fully saturated rings. The number of aryl methyl sites for hydroxylation is 3. The van der Waals surface area contributed by atoms with E-state index < -0.39 is 0 Å². The summed E-state index contributed by atoms with van der Waals surface area (Å²) in [6.07, 6.45) is 6.25. The normalized spacial score (nSPS) is 20.1. The van der Waals surface area contributed by atoms with E-state index in [2.05, 4.69) is 49.1 Å². The Morgan fingerprint density at radius 1 is 1.32 bits per heavy atom. The minimum absolute atomic E-state index is 0.806. The van der Waals surface area contributed by atoms with E-state index in [4.69, 9.17) is 0 Å². The number of fused-ring (bicyclic) bond motifs is 1. The van der Waals surface area contributed by atoms with Gasteiger partial charge in [-0.25, -0.2) is 0 Å². The fourth-order valence-electron chi connectivity index (χ4n) is 3.45. The van der Waals surface area contributed by atoms with Crippen LogP contribution in [0.5, 0.6) is 0 Å². The fraction of sp³-hybridized carbons (Fsp3) is 0.529. The first kappa shape index (κ1) is 12.7. The second-order valence-corrected chi connectivity index (χ2v) is 6.09. The largest absolute Gasteiger partial charge is 0.350 e. The van der Waals surface area contributed by atoms with Crippen molar-refractivity contribution in [1.82, 2.24) is 9.88 Å². The van der Waals surface area contributed by atoms with Crippen LogP contribution in [0.1, 0.15) is 29.5 Å². The highest BCUT2D eigenvalue weighted by atomic mass is 14.9. The summed E-state index contributed by atoms with van der Waals surface area (Å²) in [6, 6.07) is 4.57. The summed E-state index contributed by atoms with van der Waals surface area (Å²) < 4.78 is 2.31. The number of rotatable bonds is 2. The summed E-state index contributed by atoms with van der Waals surface area (Å²) in [5.74, 6) is 0.806. The highest BCUT2D eigenvalue weighted by Crippen LogP contribution is 2.28. The van der Waals surface area contributed by atoms with Crippen LogP contribution in [0, 0.1) is 19.8 Å². The van der Waals surface area contributed by atoms with Crippen LogP contribution in [0.25, 0.3) is 10.9 Å². The molecule has 1 aromatic heterocycles. The Morgan fingerprint density at radius 2 is 2.16 bits per heavy atom. The Hall–Kier alpha value is -1.28. The van der Waals surface area contributed by atoms with Gasteiger partial charge < -0.3 is 9.88 Å². The van der Waals surface area contributed by atoms with E-state index in [1.165, 1.54) is 59.9 Å². The molecule has 1 aliphatic heterocycles. The van der Waals surface area contributed by atoms with E-state index in [-0.39, 0.29) is 0 Å². The lowest BCUT2D eigenvalue weighted by Gasteiger charge is -2.22. The summed E-state index contributed by atoms with van der Waals surface area (Å²) >= 11 is 0. The highest BCUT2D eigenvalue weighted by Gasteiger charge is 2.17. The van der Waals surface area contributed by atoms with Crippen molar-refractivity contribution >= 4 is 10.9 Å². The summed E-state index contributed by atoms with van der Waals surface area (Å²) in [6.45, 7) is 6.82. The van der Waals surface area contributed by atoms with Gasteiger partial charge in [-0.3, -0.25) is 0 Å². The molecular formula is C17H24N2. The quantitative estimate of drug-likeness (QED) is 0.872. The molecule has 1 saturated heterocycles. The monoisotopic (exact) mass is 256 g/mol. The van der Waals surface area contributed by atoms with Gasteiger partial charge in [-0.15, -0.1) is 0 Å². The number of piperidine rings is 1. The molecule has 1 atom stereocenters. The van der Waals surface area contributed by atoms with Crippen molar-refractivity contribution in [3.8, 4) is 0 Å². The summed E-state index contributed by atoms with van der Waals surface area (Å²) in [5.41, 5.74) is 5.75. The van der Waals surface area contributed by atoms with Crippen molar-refractivity contribution in [1.29, 1.82) is 0 Å². The smallest absolute Gasteiger partial charge is 0.0512 e. The number of nitrogens with zero attached hydrogens (tertiary/aromatic N) is 1. The third kappa shape index (κ3) is 2.30. The SMILES string of the molecule is Cc1ccc2c(CC3CCCNC3)cn(C)c2c1C. The molecular weight excluding hydrogens is 232 g/mol. The second kappa shape index (κ2) is 5.01. The third-order valence-electron chi connectivity index (χ3n) is 4.66. The van der Waals surface area contributed by atoms with E-state index in [1.807, 2.05) is 0 Å². The van der Waals surface area contributed by atoms with Gasteiger partial charge in [0, 0.05) is 18.6 Å². The van der Waals surface area contributed by atoms with Crippen LogP contribution in [0.3, 0.4) is 0 Å². The zero-order chi connectivity index (χ0) is 13.4. The van der Waals surface area contributed by atoms with Crippen molar-refractivity contribution in [3.63, 3.8) is 0 Å². The van der Waals surface area contributed by atoms with Gasteiger partial charge in [0.1, 0.15) is 0 Å². The van der Waals surface area contributed by atoms with Crippen molar-refractivity contribution in [3.05, 3.63) is 35.0 Å². The van der Waals surface area contributed by atoms with Gasteiger partial charge in [0.2, 0.25) is 0 Å². The molecule has 102 valence electrons. The van der Waals surface area contributed by atoms with Gasteiger partial charge in [0.25, 0.3) is 0 Å². The Morgan fingerprint density at radius 3 is 2.89 bits per heavy atom. The molecule has 19 heavy (non-hydrogen) atoms. The summed E-state index contributed by atoms with van der Waals surface area (Å²) in [5, 5.41) is 4.98. The first-order valence-electron chi connectivity index (χ1n) is 7.41. The average Bonchev–Trinajstić information content (AvgIpc) is 2.72. The molecule has 2 nitrogen and oxygen atoms in total. The zero-order valence-corrected chi connectivity index (χ0v) is 12.3. The number of nitrogens with one attached hydrogen (secondary N) is 1. The van der Waals surface area contributed by atoms with E-state index in [9.17, 15) is 0 Å². The Balaban J connectivity index is 1.98. The van der Waals surface area contributed by atoms with Crippen LogP contribution in [-0.4, -0.2) is 17.7 Å². The van der Waals surface area contributed by atoms with Crippen molar-refractivity contribution < 1.29 is 0 Å². The lowest BCUT2D eigenvalue weighted by atomic mass is 9.92. The Bertz CT molecular complexity index is 589. The lowest BCUT2D eigenvalue weighted by molar-refractivity contribution is 0.376. The molecule has 0 bridgehead atoms. The molecule has 3 rings (SSSR count). The summed E-state index contributed by atoms with van der Waals surface area (Å²) in [4.78, 5) is 0. The molecule has 1 aliphatic rings. The molecule has 2 heteroatoms. The zero-order valence-electron chi connectivity index (χ0n) is 12.3. The van der Waals surface area contributed by atoms with Gasteiger partial charge in [0.05, 0.1) is 5.52 Å². The maximum absolute atomic E-state index is 3.52. The van der Waals surface area contributed by atoms with Crippen LogP contribution in [0.4, 0.5) is 0 Å². The average molecular weight is 256 g/mol. The minimum atomic E-state index is 0.806. The Kier molecular flexibility index (Phi) is 3.36. The molecule has 0 spiro atoms. The molecule has 1 aromatic carbocycles. The first-order chi connectivity index (χ1) is 9.16. The predicted molar refractivity (Wildman–Crippen MR) is 81.7 cm³/mol. The molecule has 2 aromatic rings. The van der Waals surface area contributed by atoms with E-state index in [1.54, 1.807) is 0 Å². The van der Waals surface area contributed by atoms with E-state index >= 15 is 0 Å². The van der Waals surface area contributed by atoms with Gasteiger partial charge in [0.15, 0.2) is 0 Å². The predicted octanol–water partition coefficient (Wildman–Crippen LogP) is 3.34. The van der Waals surface area contributed by atoms with Crippen LogP contribution in [0.2, 0.25) is 0 Å². The van der Waals surface area contributed by atoms with Gasteiger partial charge in [-0.2, -0.15) is 0 Å². The standard InChI is InChI=1S/C17H24N2/c1-12-6-7-16-15(9-14-5-4-8-18-10-14)11-19(3)17(16)13(12)2/h6-7,11,14,18H,4-5,8-10H2,1-3H3. The molecule has 0 radical (unpaired) electrons. The fourth-order valence-corrected chi connectivity index (χ4v) is 3.45. The maximum atomic E-state index is 3.52. The summed E-state index contributed by atoms with van der Waals surface area (Å²) in [7, 11) is 2.18. The molecule has 2 heterocycles. The van der Waals surface area contributed by atoms with Crippen LogP contribution < -0.4 is 5.32 Å². The van der Waals surface area contributed by atoms with E-state index in [0.717, 1.165) is 5.92 Å². The molecule has 1 unspecified atom stereocenters. The number of hydrogen-bond acceptors (Lipinski definition) is 1. The topological polar surface area (TPSA) is 17.0 Å². The number of aromatic nitrogens is 1. The Labute approximate surface area is 115 Å². The van der Waals surface area contributed by atoms with Crippen molar-refractivity contribution in [2.75, 3.05) is 13.1 Å². The maximum Gasteiger partial charge on any atom is 0.0512 e. The van der Waals surface area contributed by atoms with Crippen LogP contribution >= 0.6 is 0 Å². The molecule has 0 amide bonds. The van der Waals surface area contributed by atoms with Gasteiger partial charge in [-0.05, 0) is 68.8 Å². The molecule has 0 aliphatic carbocycles. The third-order valence-corrected chi connectivity index (χ3v) is 4.66. The first-order valence-corrected chi connectivity index (χ1v) is 7.41. The van der Waals surface area contributed by atoms with E-state index in [0.29, 0.717) is 0 Å². The van der Waals surface area contributed by atoms with Crippen LogP contribution in [0.15, 0.2) is 18.3 Å².